The second-order valence-corrected chi connectivity index (χ2v) is 4.83. The largest absolute Gasteiger partial charge is 0.493 e. The summed E-state index contributed by atoms with van der Waals surface area (Å²) in [5.41, 5.74) is 0.774. The van der Waals surface area contributed by atoms with E-state index in [1.807, 2.05) is 0 Å². The quantitative estimate of drug-likeness (QED) is 0.499. The van der Waals surface area contributed by atoms with Gasteiger partial charge in [-0.3, -0.25) is 4.79 Å². The van der Waals surface area contributed by atoms with Crippen LogP contribution in [0.4, 0.5) is 0 Å². The fourth-order valence-electron chi connectivity index (χ4n) is 2.16. The van der Waals surface area contributed by atoms with Gasteiger partial charge in [0.05, 0.1) is 41.0 Å². The van der Waals surface area contributed by atoms with Crippen molar-refractivity contribution in [1.82, 2.24) is 0 Å². The van der Waals surface area contributed by atoms with E-state index >= 15 is 0 Å². The standard InChI is InChI=1S/C18H24O7/c1-6-24-16(19)11-13(18(20)25-7-2)8-12-9-14(21-3)17(23-5)15(10-12)22-4/h8-10H,6-7,11H2,1-5H3. The Hall–Kier alpha value is -2.70. The Bertz CT molecular complexity index is 609. The van der Waals surface area contributed by atoms with E-state index in [4.69, 9.17) is 23.7 Å². The van der Waals surface area contributed by atoms with Gasteiger partial charge in [-0.1, -0.05) is 0 Å². The Kier molecular flexibility index (Phi) is 8.32. The van der Waals surface area contributed by atoms with Gasteiger partial charge in [-0.2, -0.15) is 0 Å². The molecule has 1 rings (SSSR count). The molecule has 0 aromatic heterocycles. The van der Waals surface area contributed by atoms with Gasteiger partial charge in [-0.05, 0) is 37.6 Å². The van der Waals surface area contributed by atoms with E-state index < -0.39 is 11.9 Å². The number of carbonyl (C=O) groups excluding carboxylic acids is 2. The molecule has 1 aromatic rings. The number of benzene rings is 1. The van der Waals surface area contributed by atoms with Gasteiger partial charge in [0.25, 0.3) is 0 Å². The maximum Gasteiger partial charge on any atom is 0.334 e. The van der Waals surface area contributed by atoms with Crippen molar-refractivity contribution < 1.29 is 33.3 Å². The van der Waals surface area contributed by atoms with E-state index in [0.29, 0.717) is 22.8 Å². The molecular formula is C18H24O7. The van der Waals surface area contributed by atoms with Gasteiger partial charge in [0.1, 0.15) is 0 Å². The zero-order valence-corrected chi connectivity index (χ0v) is 15.2. The van der Waals surface area contributed by atoms with Crippen molar-refractivity contribution in [3.8, 4) is 17.2 Å². The lowest BCUT2D eigenvalue weighted by atomic mass is 10.1. The van der Waals surface area contributed by atoms with Gasteiger partial charge in [0.15, 0.2) is 11.5 Å². The molecule has 0 aliphatic heterocycles. The minimum Gasteiger partial charge on any atom is -0.493 e. The second kappa shape index (κ2) is 10.2. The van der Waals surface area contributed by atoms with E-state index in [0.717, 1.165) is 0 Å². The monoisotopic (exact) mass is 352 g/mol. The van der Waals surface area contributed by atoms with Crippen molar-refractivity contribution >= 4 is 18.0 Å². The Morgan fingerprint density at radius 3 is 1.92 bits per heavy atom. The van der Waals surface area contributed by atoms with Gasteiger partial charge in [-0.15, -0.1) is 0 Å². The van der Waals surface area contributed by atoms with Crippen LogP contribution in [0.5, 0.6) is 17.2 Å². The van der Waals surface area contributed by atoms with Crippen molar-refractivity contribution in [2.75, 3.05) is 34.5 Å². The smallest absolute Gasteiger partial charge is 0.334 e. The zero-order chi connectivity index (χ0) is 18.8. The third-order valence-corrected chi connectivity index (χ3v) is 3.21. The molecule has 0 saturated carbocycles. The molecule has 7 nitrogen and oxygen atoms in total. The first-order valence-corrected chi connectivity index (χ1v) is 7.83. The summed E-state index contributed by atoms with van der Waals surface area (Å²) in [6.07, 6.45) is 1.35. The van der Waals surface area contributed by atoms with Crippen LogP contribution >= 0.6 is 0 Å². The molecular weight excluding hydrogens is 328 g/mol. The molecule has 7 heteroatoms. The Morgan fingerprint density at radius 1 is 0.920 bits per heavy atom. The number of hydrogen-bond donors (Lipinski definition) is 0. The van der Waals surface area contributed by atoms with Gasteiger partial charge in [0, 0.05) is 5.57 Å². The summed E-state index contributed by atoms with van der Waals surface area (Å²) < 4.78 is 25.8. The SMILES string of the molecule is CCOC(=O)CC(=Cc1cc(OC)c(OC)c(OC)c1)C(=O)OCC. The van der Waals surface area contributed by atoms with Crippen molar-refractivity contribution in [3.05, 3.63) is 23.3 Å². The van der Waals surface area contributed by atoms with Crippen LogP contribution in [0.3, 0.4) is 0 Å². The van der Waals surface area contributed by atoms with Crippen LogP contribution in [0.25, 0.3) is 6.08 Å². The summed E-state index contributed by atoms with van der Waals surface area (Å²) in [4.78, 5) is 23.9. The molecule has 138 valence electrons. The number of rotatable bonds is 9. The number of methoxy groups -OCH3 is 3. The fourth-order valence-corrected chi connectivity index (χ4v) is 2.16. The Balaban J connectivity index is 3.30. The van der Waals surface area contributed by atoms with E-state index in [-0.39, 0.29) is 25.2 Å². The topological polar surface area (TPSA) is 80.3 Å². The first kappa shape index (κ1) is 20.3. The molecule has 0 N–H and O–H groups in total. The first-order valence-electron chi connectivity index (χ1n) is 7.83. The minimum absolute atomic E-state index is 0.176. The third kappa shape index (κ3) is 5.70. The molecule has 0 unspecified atom stereocenters. The molecule has 0 aliphatic rings. The van der Waals surface area contributed by atoms with Crippen LogP contribution < -0.4 is 14.2 Å². The van der Waals surface area contributed by atoms with Crippen LogP contribution in [0.2, 0.25) is 0 Å². The van der Waals surface area contributed by atoms with E-state index in [9.17, 15) is 9.59 Å². The molecule has 0 atom stereocenters. The molecule has 0 amide bonds. The molecule has 0 heterocycles. The average Bonchev–Trinajstić information content (AvgIpc) is 2.60. The summed E-state index contributed by atoms with van der Waals surface area (Å²) in [6, 6.07) is 3.34. The molecule has 0 spiro atoms. The number of esters is 2. The number of ether oxygens (including phenoxy) is 5. The predicted molar refractivity (Wildman–Crippen MR) is 92.0 cm³/mol. The number of hydrogen-bond acceptors (Lipinski definition) is 7. The van der Waals surface area contributed by atoms with E-state index in [2.05, 4.69) is 0 Å². The van der Waals surface area contributed by atoms with Crippen LogP contribution in [0.15, 0.2) is 17.7 Å². The molecule has 0 aliphatic carbocycles. The van der Waals surface area contributed by atoms with Gasteiger partial charge in [-0.25, -0.2) is 4.79 Å². The van der Waals surface area contributed by atoms with Gasteiger partial charge >= 0.3 is 11.9 Å². The van der Waals surface area contributed by atoms with Crippen molar-refractivity contribution in [2.45, 2.75) is 20.3 Å². The van der Waals surface area contributed by atoms with Crippen LogP contribution in [-0.2, 0) is 19.1 Å². The summed E-state index contributed by atoms with van der Waals surface area (Å²) >= 11 is 0. The van der Waals surface area contributed by atoms with Gasteiger partial charge in [0.2, 0.25) is 5.75 Å². The van der Waals surface area contributed by atoms with Crippen LogP contribution in [0.1, 0.15) is 25.8 Å². The van der Waals surface area contributed by atoms with Crippen molar-refractivity contribution in [3.63, 3.8) is 0 Å². The predicted octanol–water partition coefficient (Wildman–Crippen LogP) is 2.61. The summed E-state index contributed by atoms with van der Waals surface area (Å²) in [5.74, 6) is 0.226. The molecule has 0 bridgehead atoms. The maximum atomic E-state index is 12.1. The first-order chi connectivity index (χ1) is 12.0. The highest BCUT2D eigenvalue weighted by Crippen LogP contribution is 2.38. The highest BCUT2D eigenvalue weighted by atomic mass is 16.5. The van der Waals surface area contributed by atoms with E-state index in [1.165, 1.54) is 21.3 Å². The zero-order valence-electron chi connectivity index (χ0n) is 15.2. The third-order valence-electron chi connectivity index (χ3n) is 3.21. The molecule has 0 fully saturated rings. The molecule has 25 heavy (non-hydrogen) atoms. The molecule has 0 radical (unpaired) electrons. The lowest BCUT2D eigenvalue weighted by Crippen LogP contribution is -2.13. The summed E-state index contributed by atoms with van der Waals surface area (Å²) in [5, 5.41) is 0. The molecule has 0 saturated heterocycles. The second-order valence-electron chi connectivity index (χ2n) is 4.83. The minimum atomic E-state index is -0.579. The van der Waals surface area contributed by atoms with Gasteiger partial charge < -0.3 is 23.7 Å². The van der Waals surface area contributed by atoms with Crippen LogP contribution in [-0.4, -0.2) is 46.5 Å². The highest BCUT2D eigenvalue weighted by Gasteiger charge is 2.18. The lowest BCUT2D eigenvalue weighted by molar-refractivity contribution is -0.145. The number of carbonyl (C=O) groups is 2. The summed E-state index contributed by atoms with van der Waals surface area (Å²) in [7, 11) is 4.49. The average molecular weight is 352 g/mol. The molecule has 1 aromatic carbocycles. The normalized spacial score (nSPS) is 10.8. The van der Waals surface area contributed by atoms with Crippen LogP contribution in [0, 0.1) is 0 Å². The van der Waals surface area contributed by atoms with Crippen molar-refractivity contribution in [2.24, 2.45) is 0 Å². The highest BCUT2D eigenvalue weighted by molar-refractivity contribution is 5.98. The fraction of sp³-hybridized carbons (Fsp3) is 0.444. The lowest BCUT2D eigenvalue weighted by Gasteiger charge is -2.13. The van der Waals surface area contributed by atoms with Crippen molar-refractivity contribution in [1.29, 1.82) is 0 Å². The maximum absolute atomic E-state index is 12.1. The Labute approximate surface area is 147 Å². The Morgan fingerprint density at radius 2 is 1.48 bits per heavy atom. The summed E-state index contributed by atoms with van der Waals surface area (Å²) in [6.45, 7) is 3.83. The van der Waals surface area contributed by atoms with E-state index in [1.54, 1.807) is 32.1 Å².